The van der Waals surface area contributed by atoms with E-state index in [4.69, 9.17) is 39.9 Å². The second-order valence-corrected chi connectivity index (χ2v) is 8.15. The SMILES string of the molecule is CC(=O)O.CC(=O)O.CC(=O)OCC(O)CO.CC1CCC(C(C)C)C(OC(=O)C(C)O)C1. The van der Waals surface area contributed by atoms with Crippen LogP contribution < -0.4 is 0 Å². The summed E-state index contributed by atoms with van der Waals surface area (Å²) in [6, 6.07) is 0. The zero-order valence-corrected chi connectivity index (χ0v) is 20.7. The predicted octanol–water partition coefficient (Wildman–Crippen LogP) is 1.46. The zero-order valence-electron chi connectivity index (χ0n) is 20.7. The van der Waals surface area contributed by atoms with Crippen molar-refractivity contribution in [3.8, 4) is 0 Å². The van der Waals surface area contributed by atoms with E-state index in [9.17, 15) is 9.59 Å². The molecule has 11 nitrogen and oxygen atoms in total. The van der Waals surface area contributed by atoms with Gasteiger partial charge in [0.05, 0.1) is 6.61 Å². The van der Waals surface area contributed by atoms with Crippen LogP contribution in [0, 0.1) is 17.8 Å². The molecule has 1 aliphatic rings. The smallest absolute Gasteiger partial charge is 0.334 e. The van der Waals surface area contributed by atoms with Crippen LogP contribution in [-0.4, -0.2) is 80.9 Å². The number of hydrogen-bond acceptors (Lipinski definition) is 9. The maximum atomic E-state index is 11.4. The number of aliphatic hydroxyl groups is 3. The van der Waals surface area contributed by atoms with Gasteiger partial charge < -0.3 is 35.0 Å². The molecular weight excluding hydrogens is 440 g/mol. The molecule has 0 aromatic heterocycles. The molecule has 0 spiro atoms. The topological polar surface area (TPSA) is 188 Å². The lowest BCUT2D eigenvalue weighted by molar-refractivity contribution is -0.164. The molecule has 196 valence electrons. The molecule has 0 heterocycles. The van der Waals surface area contributed by atoms with Crippen LogP contribution in [0.1, 0.15) is 67.7 Å². The van der Waals surface area contributed by atoms with Crippen LogP contribution in [0.15, 0.2) is 0 Å². The lowest BCUT2D eigenvalue weighted by atomic mass is 9.75. The van der Waals surface area contributed by atoms with E-state index in [1.807, 2.05) is 0 Å². The molecule has 33 heavy (non-hydrogen) atoms. The first kappa shape index (κ1) is 35.4. The van der Waals surface area contributed by atoms with Crippen molar-refractivity contribution in [2.24, 2.45) is 17.8 Å². The van der Waals surface area contributed by atoms with Gasteiger partial charge in [-0.15, -0.1) is 0 Å². The summed E-state index contributed by atoms with van der Waals surface area (Å²) in [5.41, 5.74) is 0. The molecule has 5 unspecified atom stereocenters. The fourth-order valence-electron chi connectivity index (χ4n) is 2.76. The fourth-order valence-corrected chi connectivity index (χ4v) is 2.76. The quantitative estimate of drug-likeness (QED) is 0.345. The third-order valence-electron chi connectivity index (χ3n) is 4.26. The number of carbonyl (C=O) groups excluding carboxylic acids is 2. The van der Waals surface area contributed by atoms with Gasteiger partial charge in [0.2, 0.25) is 0 Å². The minimum absolute atomic E-state index is 0.00847. The Morgan fingerprint density at radius 3 is 1.73 bits per heavy atom. The normalized spacial score (nSPS) is 20.8. The Bertz CT molecular complexity index is 541. The average Bonchev–Trinajstić information content (AvgIpc) is 2.65. The van der Waals surface area contributed by atoms with Crippen LogP contribution in [0.25, 0.3) is 0 Å². The third kappa shape index (κ3) is 25.9. The van der Waals surface area contributed by atoms with E-state index in [1.54, 1.807) is 0 Å². The van der Waals surface area contributed by atoms with Crippen LogP contribution in [0.4, 0.5) is 0 Å². The first-order valence-corrected chi connectivity index (χ1v) is 10.7. The van der Waals surface area contributed by atoms with E-state index in [2.05, 4.69) is 25.5 Å². The standard InChI is InChI=1S/C13H24O3.C5H10O4.2C2H4O2/c1-8(2)11-6-5-9(3)7-12(11)16-13(15)10(4)14;1-4(7)9-3-5(8)2-6;2*1-2(3)4/h8-12,14H,5-7H2,1-4H3;5-6,8H,2-3H2,1H3;2*1H3,(H,3,4). The van der Waals surface area contributed by atoms with Crippen LogP contribution in [0.2, 0.25) is 0 Å². The van der Waals surface area contributed by atoms with Gasteiger partial charge in [-0.3, -0.25) is 14.4 Å². The molecule has 5 N–H and O–H groups in total. The first-order chi connectivity index (χ1) is 15.0. The van der Waals surface area contributed by atoms with Gasteiger partial charge in [0.25, 0.3) is 11.9 Å². The summed E-state index contributed by atoms with van der Waals surface area (Å²) in [7, 11) is 0. The molecule has 11 heteroatoms. The van der Waals surface area contributed by atoms with Gasteiger partial charge in [-0.05, 0) is 37.5 Å². The Morgan fingerprint density at radius 2 is 1.39 bits per heavy atom. The summed E-state index contributed by atoms with van der Waals surface area (Å²) in [4.78, 5) is 39.5. The van der Waals surface area contributed by atoms with Crippen molar-refractivity contribution in [3.05, 3.63) is 0 Å². The minimum atomic E-state index is -1.01. The molecule has 0 saturated heterocycles. The van der Waals surface area contributed by atoms with Gasteiger partial charge in [-0.25, -0.2) is 4.79 Å². The highest BCUT2D eigenvalue weighted by atomic mass is 16.6. The van der Waals surface area contributed by atoms with Crippen molar-refractivity contribution < 1.29 is 54.2 Å². The highest BCUT2D eigenvalue weighted by Gasteiger charge is 2.33. The molecule has 0 amide bonds. The van der Waals surface area contributed by atoms with Gasteiger partial charge in [-0.2, -0.15) is 0 Å². The number of rotatable bonds is 6. The van der Waals surface area contributed by atoms with E-state index in [1.165, 1.54) is 20.3 Å². The number of carboxylic acids is 2. The van der Waals surface area contributed by atoms with E-state index >= 15 is 0 Å². The Morgan fingerprint density at radius 1 is 0.939 bits per heavy atom. The fraction of sp³-hybridized carbons (Fsp3) is 0.818. The largest absolute Gasteiger partial charge is 0.481 e. The lowest BCUT2D eigenvalue weighted by Crippen LogP contribution is -2.37. The molecule has 0 bridgehead atoms. The van der Waals surface area contributed by atoms with E-state index in [-0.39, 0.29) is 19.3 Å². The second-order valence-electron chi connectivity index (χ2n) is 8.15. The van der Waals surface area contributed by atoms with Gasteiger partial charge in [0.1, 0.15) is 24.9 Å². The maximum Gasteiger partial charge on any atom is 0.334 e. The van der Waals surface area contributed by atoms with Crippen molar-refractivity contribution in [2.45, 2.75) is 86.0 Å². The van der Waals surface area contributed by atoms with Crippen LogP contribution in [-0.2, 0) is 28.7 Å². The lowest BCUT2D eigenvalue weighted by Gasteiger charge is -2.36. The molecule has 1 saturated carbocycles. The number of esters is 2. The maximum absolute atomic E-state index is 11.4. The molecule has 0 aliphatic heterocycles. The Kier molecular flexibility index (Phi) is 21.8. The number of ether oxygens (including phenoxy) is 2. The van der Waals surface area contributed by atoms with Crippen molar-refractivity contribution >= 4 is 23.9 Å². The number of carbonyl (C=O) groups is 4. The summed E-state index contributed by atoms with van der Waals surface area (Å²) in [5.74, 6) is -1.02. The third-order valence-corrected chi connectivity index (χ3v) is 4.26. The van der Waals surface area contributed by atoms with Crippen LogP contribution >= 0.6 is 0 Å². The summed E-state index contributed by atoms with van der Waals surface area (Å²) in [5, 5.41) is 40.8. The molecular formula is C22H42O11. The number of aliphatic carboxylic acids is 2. The summed E-state index contributed by atoms with van der Waals surface area (Å²) >= 11 is 0. The number of aliphatic hydroxyl groups excluding tert-OH is 3. The minimum Gasteiger partial charge on any atom is -0.481 e. The van der Waals surface area contributed by atoms with Gasteiger partial charge in [-0.1, -0.05) is 27.2 Å². The first-order valence-electron chi connectivity index (χ1n) is 10.7. The van der Waals surface area contributed by atoms with E-state index < -0.39 is 36.1 Å². The van der Waals surface area contributed by atoms with Crippen molar-refractivity contribution in [1.82, 2.24) is 0 Å². The molecule has 1 aliphatic carbocycles. The summed E-state index contributed by atoms with van der Waals surface area (Å²) < 4.78 is 9.75. The molecule has 5 atom stereocenters. The van der Waals surface area contributed by atoms with E-state index in [0.29, 0.717) is 17.8 Å². The number of hydrogen-bond donors (Lipinski definition) is 5. The Hall–Kier alpha value is -2.24. The van der Waals surface area contributed by atoms with Crippen molar-refractivity contribution in [1.29, 1.82) is 0 Å². The molecule has 1 fully saturated rings. The van der Waals surface area contributed by atoms with Crippen molar-refractivity contribution in [2.75, 3.05) is 13.2 Å². The monoisotopic (exact) mass is 482 g/mol. The summed E-state index contributed by atoms with van der Waals surface area (Å²) in [6.45, 7) is 10.9. The highest BCUT2D eigenvalue weighted by Crippen LogP contribution is 2.35. The number of carboxylic acid groups (broad SMARTS) is 2. The van der Waals surface area contributed by atoms with Gasteiger partial charge in [0, 0.05) is 20.8 Å². The van der Waals surface area contributed by atoms with Gasteiger partial charge in [0.15, 0.2) is 0 Å². The second kappa shape index (κ2) is 20.4. The van der Waals surface area contributed by atoms with Crippen LogP contribution in [0.3, 0.4) is 0 Å². The molecule has 0 radical (unpaired) electrons. The Labute approximate surface area is 195 Å². The highest BCUT2D eigenvalue weighted by molar-refractivity contribution is 5.74. The Balaban J connectivity index is -0.000000444. The van der Waals surface area contributed by atoms with Gasteiger partial charge >= 0.3 is 11.9 Å². The summed E-state index contributed by atoms with van der Waals surface area (Å²) in [6.07, 6.45) is 1.30. The van der Waals surface area contributed by atoms with Crippen molar-refractivity contribution in [3.63, 3.8) is 0 Å². The van der Waals surface area contributed by atoms with Crippen LogP contribution in [0.5, 0.6) is 0 Å². The molecule has 0 aromatic rings. The average molecular weight is 483 g/mol. The van der Waals surface area contributed by atoms with E-state index in [0.717, 1.165) is 26.7 Å². The predicted molar refractivity (Wildman–Crippen MR) is 119 cm³/mol. The zero-order chi connectivity index (χ0) is 26.7. The molecule has 1 rings (SSSR count). The molecule has 0 aromatic carbocycles.